The van der Waals surface area contributed by atoms with Crippen LogP contribution in [0.5, 0.6) is 11.5 Å². The molecule has 0 atom stereocenters. The van der Waals surface area contributed by atoms with Crippen LogP contribution in [0, 0.1) is 26.6 Å². The van der Waals surface area contributed by atoms with Crippen LogP contribution in [0.4, 0.5) is 27.1 Å². The quantitative estimate of drug-likeness (QED) is 0.186. The van der Waals surface area contributed by atoms with E-state index in [-0.39, 0.29) is 11.2 Å². The molecule has 5 aromatic carbocycles. The fourth-order valence-electron chi connectivity index (χ4n) is 7.01. The van der Waals surface area contributed by atoms with E-state index in [1.54, 1.807) is 0 Å². The molecule has 244 valence electrons. The molecule has 0 unspecified atom stereocenters. The Morgan fingerprint density at radius 2 is 1.37 bits per heavy atom. The van der Waals surface area contributed by atoms with Crippen LogP contribution >= 0.6 is 0 Å². The van der Waals surface area contributed by atoms with Crippen molar-refractivity contribution in [2.75, 3.05) is 16.5 Å². The van der Waals surface area contributed by atoms with Crippen molar-refractivity contribution < 1.29 is 9.13 Å². The minimum absolute atomic E-state index is 0.0636. The van der Waals surface area contributed by atoms with E-state index < -0.39 is 0 Å². The fraction of sp³-hybridized carbons (Fsp3) is 0.186. The van der Waals surface area contributed by atoms with Crippen molar-refractivity contribution in [1.29, 1.82) is 0 Å². The first kappa shape index (κ1) is 30.7. The van der Waals surface area contributed by atoms with Gasteiger partial charge in [0.1, 0.15) is 29.8 Å². The van der Waals surface area contributed by atoms with Crippen molar-refractivity contribution in [2.24, 2.45) is 0 Å². The molecule has 2 aromatic heterocycles. The number of benzene rings is 5. The first-order chi connectivity index (χ1) is 23.6. The largest absolute Gasteiger partial charge is 0.457 e. The summed E-state index contributed by atoms with van der Waals surface area (Å²) in [5, 5.41) is 1.39. The summed E-state index contributed by atoms with van der Waals surface area (Å²) in [6.45, 7) is 13.7. The van der Waals surface area contributed by atoms with Gasteiger partial charge < -0.3 is 14.5 Å². The number of aryl methyl sites for hydroxylation is 2. The number of ether oxygens (including phenoxy) is 1. The van der Waals surface area contributed by atoms with Crippen LogP contribution in [0.1, 0.15) is 43.0 Å². The topological polar surface area (TPSA) is 33.5 Å². The molecular weight excluding hydrogens is 607 g/mol. The Morgan fingerprint density at radius 3 is 2.10 bits per heavy atom. The van der Waals surface area contributed by atoms with Crippen LogP contribution in [-0.4, -0.2) is 16.2 Å². The fourth-order valence-corrected chi connectivity index (χ4v) is 7.01. The minimum Gasteiger partial charge on any atom is -0.457 e. The molecular formula is C43H39FN4O. The number of hydrogen-bond acceptors (Lipinski definition) is 4. The maximum Gasteiger partial charge on any atom is 0.137 e. The Kier molecular flexibility index (Phi) is 7.21. The lowest BCUT2D eigenvalue weighted by molar-refractivity contribution is 0.478. The lowest BCUT2D eigenvalue weighted by atomic mass is 9.88. The monoisotopic (exact) mass is 646 g/mol. The molecule has 49 heavy (non-hydrogen) atoms. The highest BCUT2D eigenvalue weighted by molar-refractivity contribution is 6.09. The maximum absolute atomic E-state index is 16.1. The molecule has 6 heteroatoms. The zero-order valence-electron chi connectivity index (χ0n) is 28.8. The van der Waals surface area contributed by atoms with Gasteiger partial charge in [-0.15, -0.1) is 0 Å². The summed E-state index contributed by atoms with van der Waals surface area (Å²) in [5.74, 6) is 1.46. The van der Waals surface area contributed by atoms with E-state index >= 15 is 4.39 Å². The zero-order chi connectivity index (χ0) is 34.0. The molecule has 8 rings (SSSR count). The summed E-state index contributed by atoms with van der Waals surface area (Å²) in [5.41, 5.74) is 11.0. The number of fused-ring (bicyclic) bond motifs is 4. The Labute approximate surface area is 286 Å². The second-order valence-corrected chi connectivity index (χ2v) is 14.1. The van der Waals surface area contributed by atoms with Gasteiger partial charge in [-0.25, -0.2) is 9.37 Å². The third kappa shape index (κ3) is 5.28. The molecule has 0 saturated carbocycles. The minimum atomic E-state index is -0.335. The van der Waals surface area contributed by atoms with Crippen molar-refractivity contribution in [3.63, 3.8) is 0 Å². The first-order valence-electron chi connectivity index (χ1n) is 16.8. The van der Waals surface area contributed by atoms with Crippen molar-refractivity contribution in [3.05, 3.63) is 143 Å². The van der Waals surface area contributed by atoms with Crippen LogP contribution < -0.4 is 14.5 Å². The molecule has 0 amide bonds. The summed E-state index contributed by atoms with van der Waals surface area (Å²) in [6, 6.07) is 36.5. The molecule has 0 spiro atoms. The van der Waals surface area contributed by atoms with Gasteiger partial charge in [0, 0.05) is 46.5 Å². The molecule has 0 fully saturated rings. The Balaban J connectivity index is 1.18. The van der Waals surface area contributed by atoms with E-state index in [4.69, 9.17) is 9.72 Å². The van der Waals surface area contributed by atoms with E-state index in [1.165, 1.54) is 28.4 Å². The summed E-state index contributed by atoms with van der Waals surface area (Å²) >= 11 is 0. The van der Waals surface area contributed by atoms with Crippen molar-refractivity contribution >= 4 is 44.6 Å². The van der Waals surface area contributed by atoms with Crippen LogP contribution in [0.25, 0.3) is 27.6 Å². The van der Waals surface area contributed by atoms with Gasteiger partial charge in [-0.1, -0.05) is 57.2 Å². The van der Waals surface area contributed by atoms with Gasteiger partial charge in [0.15, 0.2) is 0 Å². The van der Waals surface area contributed by atoms with Gasteiger partial charge in [0.25, 0.3) is 0 Å². The van der Waals surface area contributed by atoms with Crippen molar-refractivity contribution in [2.45, 2.75) is 47.0 Å². The highest BCUT2D eigenvalue weighted by Gasteiger charge is 2.28. The average Bonchev–Trinajstić information content (AvgIpc) is 3.63. The predicted octanol–water partition coefficient (Wildman–Crippen LogP) is 11.6. The summed E-state index contributed by atoms with van der Waals surface area (Å²) in [4.78, 5) is 9.39. The molecule has 3 heterocycles. The number of para-hydroxylation sites is 3. The number of hydrogen-bond donors (Lipinski definition) is 0. The molecule has 0 saturated heterocycles. The Bertz CT molecular complexity index is 2380. The van der Waals surface area contributed by atoms with Crippen molar-refractivity contribution in [1.82, 2.24) is 9.55 Å². The van der Waals surface area contributed by atoms with Crippen LogP contribution in [-0.2, 0) is 5.41 Å². The predicted molar refractivity (Wildman–Crippen MR) is 200 cm³/mol. The molecule has 5 nitrogen and oxygen atoms in total. The molecule has 0 radical (unpaired) electrons. The Morgan fingerprint density at radius 1 is 0.673 bits per heavy atom. The first-order valence-corrected chi connectivity index (χ1v) is 16.8. The van der Waals surface area contributed by atoms with E-state index in [2.05, 4.69) is 99.9 Å². The number of nitrogens with zero attached hydrogens (tertiary/aromatic N) is 4. The third-order valence-corrected chi connectivity index (χ3v) is 9.87. The third-order valence-electron chi connectivity index (χ3n) is 9.87. The van der Waals surface area contributed by atoms with E-state index in [0.717, 1.165) is 39.3 Å². The number of anilines is 4. The van der Waals surface area contributed by atoms with Gasteiger partial charge in [-0.05, 0) is 103 Å². The van der Waals surface area contributed by atoms with Crippen LogP contribution in [0.15, 0.2) is 115 Å². The molecule has 0 N–H and O–H groups in total. The van der Waals surface area contributed by atoms with E-state index in [0.29, 0.717) is 29.1 Å². The summed E-state index contributed by atoms with van der Waals surface area (Å²) in [7, 11) is 0. The zero-order valence-corrected chi connectivity index (χ0v) is 28.8. The normalized spacial score (nSPS) is 13.0. The molecule has 1 aliphatic heterocycles. The van der Waals surface area contributed by atoms with Gasteiger partial charge in [0.05, 0.1) is 22.4 Å². The van der Waals surface area contributed by atoms with Crippen LogP contribution in [0.3, 0.4) is 0 Å². The van der Waals surface area contributed by atoms with Gasteiger partial charge >= 0.3 is 0 Å². The van der Waals surface area contributed by atoms with E-state index in [9.17, 15) is 0 Å². The number of pyridine rings is 1. The van der Waals surface area contributed by atoms with Crippen molar-refractivity contribution in [3.8, 4) is 17.3 Å². The van der Waals surface area contributed by atoms with Gasteiger partial charge in [-0.3, -0.25) is 4.57 Å². The SMILES string of the molecule is Cc1cc(N2CN(c3cccc(Oc4cc(F)c5c6ccccc6n(-c6cc(C(C)(C)C)ccn6)c5c4)c3)c3ccccc32)cc(C)c1C. The second kappa shape index (κ2) is 11.5. The number of rotatable bonds is 5. The molecule has 0 aliphatic carbocycles. The molecule has 7 aromatic rings. The highest BCUT2D eigenvalue weighted by Crippen LogP contribution is 2.45. The lowest BCUT2D eigenvalue weighted by Crippen LogP contribution is -2.24. The Hall–Kier alpha value is -5.62. The second-order valence-electron chi connectivity index (χ2n) is 14.1. The van der Waals surface area contributed by atoms with E-state index in [1.807, 2.05) is 65.4 Å². The smallest absolute Gasteiger partial charge is 0.137 e. The number of halogens is 1. The maximum atomic E-state index is 16.1. The summed E-state index contributed by atoms with van der Waals surface area (Å²) < 4.78 is 24.6. The van der Waals surface area contributed by atoms with Crippen LogP contribution in [0.2, 0.25) is 0 Å². The summed E-state index contributed by atoms with van der Waals surface area (Å²) in [6.07, 6.45) is 1.83. The highest BCUT2D eigenvalue weighted by atomic mass is 19.1. The molecule has 0 bridgehead atoms. The standard InChI is InChI=1S/C43H39FN4O/c1-27-20-32(21-28(2)29(27)3)47-26-46(38-16-9-10-17-39(38)47)31-12-11-13-33(23-31)49-34-24-36(44)42-35-14-7-8-15-37(35)48(40(42)25-34)41-22-30(18-19-45-41)43(4,5)6/h7-25H,26H2,1-6H3. The lowest BCUT2D eigenvalue weighted by Gasteiger charge is -2.23. The number of aromatic nitrogens is 2. The van der Waals surface area contributed by atoms with Gasteiger partial charge in [-0.2, -0.15) is 0 Å². The van der Waals surface area contributed by atoms with Gasteiger partial charge in [0.2, 0.25) is 0 Å². The molecule has 1 aliphatic rings. The average molecular weight is 647 g/mol.